The molecule has 0 saturated heterocycles. The predicted molar refractivity (Wildman–Crippen MR) is 173 cm³/mol. The number of oxime groups is 1. The average molecular weight is 532 g/mol. The third kappa shape index (κ3) is 64.1. The van der Waals surface area contributed by atoms with E-state index in [1.54, 1.807) is 6.21 Å². The third-order valence-electron chi connectivity index (χ3n) is 4.40. The van der Waals surface area contributed by atoms with Crippen LogP contribution in [0.3, 0.4) is 0 Å². The van der Waals surface area contributed by atoms with Crippen molar-refractivity contribution in [3.8, 4) is 0 Å². The maximum Gasteiger partial charge on any atom is 0.129 e. The van der Waals surface area contributed by atoms with Gasteiger partial charge in [-0.15, -0.1) is 0 Å². The number of nitrogens with one attached hydrogen (secondary N) is 1. The van der Waals surface area contributed by atoms with E-state index >= 15 is 0 Å². The summed E-state index contributed by atoms with van der Waals surface area (Å²) in [6.07, 6.45) is 4.53. The highest BCUT2D eigenvalue weighted by molar-refractivity contribution is 6.39. The maximum absolute atomic E-state index is 5.11. The lowest BCUT2D eigenvalue weighted by molar-refractivity contribution is 0.00128. The van der Waals surface area contributed by atoms with Crippen LogP contribution in [0.25, 0.3) is 0 Å². The van der Waals surface area contributed by atoms with Crippen LogP contribution in [0, 0.1) is 23.7 Å². The minimum absolute atomic E-state index is 0.161. The summed E-state index contributed by atoms with van der Waals surface area (Å²) in [4.78, 5) is 7.31. The molecule has 0 aromatic heterocycles. The summed E-state index contributed by atoms with van der Waals surface area (Å²) in [6.45, 7) is 37.5. The van der Waals surface area contributed by atoms with Gasteiger partial charge in [0.15, 0.2) is 0 Å². The van der Waals surface area contributed by atoms with Crippen molar-refractivity contribution in [3.63, 3.8) is 0 Å². The van der Waals surface area contributed by atoms with Crippen molar-refractivity contribution in [3.05, 3.63) is 0 Å². The molecule has 0 aromatic rings. The maximum atomic E-state index is 5.11. The van der Waals surface area contributed by atoms with Gasteiger partial charge in [0, 0.05) is 21.8 Å². The summed E-state index contributed by atoms with van der Waals surface area (Å²) in [7, 11) is 4.40. The van der Waals surface area contributed by atoms with Crippen molar-refractivity contribution in [1.82, 2.24) is 10.2 Å². The molecule has 0 rings (SSSR count). The SMILES string of the molecule is CC(C)/C=N/OC(C)(C)C.CC(C)CCNC(C)C.CC(C)CC[SiH2]C(C)(C)C.CC(C)CN(C)C. The lowest BCUT2D eigenvalue weighted by Gasteiger charge is -2.17. The molecule has 0 aliphatic rings. The Balaban J connectivity index is -0.000000191. The highest BCUT2D eigenvalue weighted by Crippen LogP contribution is 2.23. The molecule has 0 fully saturated rings. The molecule has 0 amide bonds. The largest absolute Gasteiger partial charge is 0.390 e. The van der Waals surface area contributed by atoms with E-state index in [1.807, 2.05) is 20.8 Å². The Morgan fingerprint density at radius 2 is 1.25 bits per heavy atom. The zero-order valence-electron chi connectivity index (χ0n) is 28.5. The lowest BCUT2D eigenvalue weighted by atomic mass is 10.1. The average Bonchev–Trinajstić information content (AvgIpc) is 2.58. The lowest BCUT2D eigenvalue weighted by Crippen LogP contribution is -2.24. The summed E-state index contributed by atoms with van der Waals surface area (Å²) < 4.78 is 0. The van der Waals surface area contributed by atoms with Crippen molar-refractivity contribution in [2.75, 3.05) is 27.2 Å². The van der Waals surface area contributed by atoms with Crippen LogP contribution in [0.5, 0.6) is 0 Å². The van der Waals surface area contributed by atoms with Gasteiger partial charge in [-0.2, -0.15) is 0 Å². The van der Waals surface area contributed by atoms with E-state index in [0.29, 0.717) is 17.0 Å². The molecule has 0 bridgehead atoms. The van der Waals surface area contributed by atoms with Crippen molar-refractivity contribution in [1.29, 1.82) is 0 Å². The molecule has 0 unspecified atom stereocenters. The number of hydrogen-bond donors (Lipinski definition) is 1. The molecule has 0 saturated carbocycles. The fourth-order valence-electron chi connectivity index (χ4n) is 2.74. The van der Waals surface area contributed by atoms with Crippen LogP contribution >= 0.6 is 0 Å². The van der Waals surface area contributed by atoms with Gasteiger partial charge < -0.3 is 15.1 Å². The number of hydrogen-bond acceptors (Lipinski definition) is 4. The van der Waals surface area contributed by atoms with Gasteiger partial charge in [0.1, 0.15) is 5.60 Å². The van der Waals surface area contributed by atoms with Crippen LogP contribution in [0.15, 0.2) is 5.16 Å². The molecule has 0 radical (unpaired) electrons. The normalized spacial score (nSPS) is 12.4. The first-order valence-electron chi connectivity index (χ1n) is 14.7. The second kappa shape index (κ2) is 24.9. The van der Waals surface area contributed by atoms with E-state index in [-0.39, 0.29) is 15.1 Å². The van der Waals surface area contributed by atoms with Crippen molar-refractivity contribution in [2.24, 2.45) is 28.8 Å². The van der Waals surface area contributed by atoms with Gasteiger partial charge in [-0.1, -0.05) is 108 Å². The summed E-state index contributed by atoms with van der Waals surface area (Å²) in [5, 5.41) is 7.87. The van der Waals surface area contributed by atoms with E-state index in [2.05, 4.69) is 119 Å². The number of rotatable bonds is 11. The second-order valence-corrected chi connectivity index (χ2v) is 17.8. The Hall–Kier alpha value is -0.393. The van der Waals surface area contributed by atoms with Crippen molar-refractivity contribution in [2.45, 2.75) is 146 Å². The van der Waals surface area contributed by atoms with Gasteiger partial charge >= 0.3 is 0 Å². The van der Waals surface area contributed by atoms with Crippen LogP contribution in [-0.2, 0) is 4.84 Å². The summed E-state index contributed by atoms with van der Waals surface area (Å²) in [5.74, 6) is 3.00. The fraction of sp³-hybridized carbons (Fsp3) is 0.968. The van der Waals surface area contributed by atoms with Crippen molar-refractivity contribution < 1.29 is 4.84 Å². The zero-order valence-corrected chi connectivity index (χ0v) is 29.9. The Kier molecular flexibility index (Phi) is 29.5. The first kappa shape index (κ1) is 42.7. The molecule has 222 valence electrons. The Bertz CT molecular complexity index is 445. The van der Waals surface area contributed by atoms with E-state index in [0.717, 1.165) is 24.3 Å². The Labute approximate surface area is 233 Å². The minimum atomic E-state index is -0.161. The molecule has 0 atom stereocenters. The Morgan fingerprint density at radius 3 is 1.50 bits per heavy atom. The smallest absolute Gasteiger partial charge is 0.129 e. The van der Waals surface area contributed by atoms with Gasteiger partial charge in [0.25, 0.3) is 0 Å². The minimum Gasteiger partial charge on any atom is -0.390 e. The monoisotopic (exact) mass is 532 g/mol. The van der Waals surface area contributed by atoms with Crippen LogP contribution in [-0.4, -0.2) is 59.5 Å². The first-order valence-corrected chi connectivity index (χ1v) is 16.4. The highest BCUT2D eigenvalue weighted by Gasteiger charge is 2.10. The molecule has 0 heterocycles. The van der Waals surface area contributed by atoms with E-state index < -0.39 is 0 Å². The summed E-state index contributed by atoms with van der Waals surface area (Å²) in [5.41, 5.74) is -0.161. The molecule has 4 nitrogen and oxygen atoms in total. The van der Waals surface area contributed by atoms with E-state index in [1.165, 1.54) is 25.4 Å². The van der Waals surface area contributed by atoms with Gasteiger partial charge in [0.05, 0.1) is 0 Å². The second-order valence-electron chi connectivity index (χ2n) is 14.5. The Morgan fingerprint density at radius 1 is 0.778 bits per heavy atom. The molecule has 1 N–H and O–H groups in total. The predicted octanol–water partition coefficient (Wildman–Crippen LogP) is 8.52. The standard InChI is InChI=1S/C9H22Si.C8H17NO.C8H19N.C6H15N/c1-8(2)6-7-10-9(3,4)5;1-7(2)6-9-10-8(3,4)5;1-7(2)5-6-9-8(3)4;1-6(2)5-7(3)4/h8H,6-7,10H2,1-5H3;6-7H,1-5H3;7-9H,5-6H2,1-4H3;6H,5H2,1-4H3/b;9-6+;;. The molecule has 5 heteroatoms. The molecular weight excluding hydrogens is 458 g/mol. The van der Waals surface area contributed by atoms with Gasteiger partial charge in [-0.3, -0.25) is 0 Å². The topological polar surface area (TPSA) is 36.9 Å². The zero-order chi connectivity index (χ0) is 29.5. The van der Waals surface area contributed by atoms with Crippen LogP contribution in [0.4, 0.5) is 0 Å². The highest BCUT2D eigenvalue weighted by atomic mass is 28.2. The van der Waals surface area contributed by atoms with Crippen molar-refractivity contribution >= 4 is 15.7 Å². The quantitative estimate of drug-likeness (QED) is 0.165. The van der Waals surface area contributed by atoms with Gasteiger partial charge in [0.2, 0.25) is 0 Å². The van der Waals surface area contributed by atoms with Gasteiger partial charge in [-0.25, -0.2) is 0 Å². The molecule has 0 aliphatic carbocycles. The van der Waals surface area contributed by atoms with Crippen LogP contribution in [0.2, 0.25) is 11.1 Å². The third-order valence-corrected chi connectivity index (χ3v) is 6.66. The van der Waals surface area contributed by atoms with E-state index in [4.69, 9.17) is 4.84 Å². The molecule has 0 spiro atoms. The molecule has 0 aromatic carbocycles. The number of nitrogens with zero attached hydrogens (tertiary/aromatic N) is 2. The fourth-order valence-corrected chi connectivity index (χ4v) is 4.82. The molecule has 36 heavy (non-hydrogen) atoms. The molecular formula is C31H73N3OSi. The van der Waals surface area contributed by atoms with Crippen LogP contribution < -0.4 is 5.32 Å². The summed E-state index contributed by atoms with van der Waals surface area (Å²) in [6, 6.07) is 2.17. The van der Waals surface area contributed by atoms with Gasteiger partial charge in [-0.05, 0) is 83.1 Å². The summed E-state index contributed by atoms with van der Waals surface area (Å²) >= 11 is 0. The van der Waals surface area contributed by atoms with E-state index in [9.17, 15) is 0 Å². The first-order chi connectivity index (χ1) is 16.1. The molecule has 0 aliphatic heterocycles. The van der Waals surface area contributed by atoms with Crippen LogP contribution in [0.1, 0.15) is 124 Å².